The summed E-state index contributed by atoms with van der Waals surface area (Å²) in [6.07, 6.45) is 1.54. The molecule has 1 aromatic heterocycles. The number of aromatic nitrogens is 2. The summed E-state index contributed by atoms with van der Waals surface area (Å²) in [7, 11) is 3.14. The fourth-order valence-electron chi connectivity index (χ4n) is 4.55. The number of benzene rings is 2. The summed E-state index contributed by atoms with van der Waals surface area (Å²) in [5.74, 6) is -1.66. The Morgan fingerprint density at radius 3 is 2.68 bits per heavy atom. The van der Waals surface area contributed by atoms with Crippen molar-refractivity contribution in [3.8, 4) is 0 Å². The Hall–Kier alpha value is -3.63. The lowest BCUT2D eigenvalue weighted by atomic mass is 9.94. The number of ether oxygens (including phenoxy) is 1. The predicted octanol–water partition coefficient (Wildman–Crippen LogP) is 1.88. The van der Waals surface area contributed by atoms with E-state index in [0.29, 0.717) is 35.9 Å². The second kappa shape index (κ2) is 10.8. The number of aliphatic hydroxyl groups excluding tert-OH is 1. The Morgan fingerprint density at radius 1 is 1.24 bits per heavy atom. The lowest BCUT2D eigenvalue weighted by molar-refractivity contribution is -0.127. The third kappa shape index (κ3) is 5.40. The molecule has 0 saturated carbocycles. The third-order valence-electron chi connectivity index (χ3n) is 6.97. The Morgan fingerprint density at radius 2 is 2.00 bits per heavy atom. The first-order valence-corrected chi connectivity index (χ1v) is 12.1. The summed E-state index contributed by atoms with van der Waals surface area (Å²) in [6.45, 7) is 4.22. The molecule has 2 heterocycles. The van der Waals surface area contributed by atoms with Gasteiger partial charge in [-0.05, 0) is 67.1 Å². The molecule has 2 atom stereocenters. The molecule has 3 aromatic rings. The molecule has 1 aliphatic rings. The topological polar surface area (TPSA) is 114 Å². The second-order valence-electron chi connectivity index (χ2n) is 9.60. The van der Waals surface area contributed by atoms with Crippen molar-refractivity contribution in [2.24, 2.45) is 0 Å². The predicted molar refractivity (Wildman–Crippen MR) is 136 cm³/mol. The van der Waals surface area contributed by atoms with E-state index in [1.807, 2.05) is 13.8 Å². The van der Waals surface area contributed by atoms with Crippen molar-refractivity contribution in [3.05, 3.63) is 74.6 Å². The molecule has 2 aromatic carbocycles. The van der Waals surface area contributed by atoms with E-state index >= 15 is 0 Å². The summed E-state index contributed by atoms with van der Waals surface area (Å²) in [6, 6.07) is 5.71. The van der Waals surface area contributed by atoms with Gasteiger partial charge in [-0.1, -0.05) is 6.07 Å². The molecule has 196 valence electrons. The van der Waals surface area contributed by atoms with Gasteiger partial charge in [0.05, 0.1) is 48.1 Å². The lowest BCUT2D eigenvalue weighted by Crippen LogP contribution is -2.39. The molecule has 0 bridgehead atoms. The molecule has 1 aliphatic heterocycles. The van der Waals surface area contributed by atoms with Crippen LogP contribution in [0.3, 0.4) is 0 Å². The van der Waals surface area contributed by atoms with Gasteiger partial charge in [0.1, 0.15) is 5.82 Å². The van der Waals surface area contributed by atoms with Gasteiger partial charge in [-0.2, -0.15) is 0 Å². The van der Waals surface area contributed by atoms with E-state index in [4.69, 9.17) is 4.74 Å². The zero-order valence-corrected chi connectivity index (χ0v) is 21.4. The van der Waals surface area contributed by atoms with Gasteiger partial charge < -0.3 is 20.1 Å². The summed E-state index contributed by atoms with van der Waals surface area (Å²) in [5.41, 5.74) is 3.45. The summed E-state index contributed by atoms with van der Waals surface area (Å²) in [4.78, 5) is 43.3. The number of aliphatic hydroxyl groups is 1. The molecule has 9 nitrogen and oxygen atoms in total. The van der Waals surface area contributed by atoms with Gasteiger partial charge in [0.2, 0.25) is 5.91 Å². The molecule has 37 heavy (non-hydrogen) atoms. The van der Waals surface area contributed by atoms with Gasteiger partial charge in [0.15, 0.2) is 0 Å². The number of amides is 2. The molecule has 0 unspecified atom stereocenters. The number of nitrogens with one attached hydrogen (secondary N) is 1. The smallest absolute Gasteiger partial charge is 0.261 e. The summed E-state index contributed by atoms with van der Waals surface area (Å²) >= 11 is 0. The van der Waals surface area contributed by atoms with E-state index in [-0.39, 0.29) is 30.2 Å². The number of carbonyl (C=O) groups is 2. The number of hydrogen-bond acceptors (Lipinski definition) is 6. The van der Waals surface area contributed by atoms with Crippen molar-refractivity contribution in [2.45, 2.75) is 38.8 Å². The Balaban J connectivity index is 1.62. The van der Waals surface area contributed by atoms with Crippen molar-refractivity contribution in [1.29, 1.82) is 0 Å². The van der Waals surface area contributed by atoms with Crippen LogP contribution in [0.1, 0.15) is 45.1 Å². The van der Waals surface area contributed by atoms with E-state index in [2.05, 4.69) is 10.3 Å². The maximum atomic E-state index is 14.8. The number of hydrogen-bond donors (Lipinski definition) is 2. The van der Waals surface area contributed by atoms with Crippen LogP contribution in [0.5, 0.6) is 0 Å². The van der Waals surface area contributed by atoms with E-state index in [1.165, 1.54) is 27.9 Å². The average Bonchev–Trinajstić information content (AvgIpc) is 2.86. The van der Waals surface area contributed by atoms with E-state index in [9.17, 15) is 23.9 Å². The quantitative estimate of drug-likeness (QED) is 0.524. The number of nitrogens with zero attached hydrogens (tertiary/aromatic N) is 3. The SMILES string of the molecule is Cc1c(Cc2ccc(C(=O)NCC(=O)N(C)C)c(F)c2)cc2c(=O)n([C@H]3CCOC[C@@H]3O)cnc2c1C. The minimum Gasteiger partial charge on any atom is -0.389 e. The van der Waals surface area contributed by atoms with Crippen LogP contribution in [0.15, 0.2) is 35.4 Å². The van der Waals surface area contributed by atoms with Crippen LogP contribution in [0.25, 0.3) is 10.9 Å². The van der Waals surface area contributed by atoms with Crippen LogP contribution < -0.4 is 10.9 Å². The van der Waals surface area contributed by atoms with Gasteiger partial charge in [0, 0.05) is 20.7 Å². The highest BCUT2D eigenvalue weighted by molar-refractivity contribution is 5.96. The first-order chi connectivity index (χ1) is 17.6. The van der Waals surface area contributed by atoms with Crippen molar-refractivity contribution in [3.63, 3.8) is 0 Å². The molecule has 4 rings (SSSR count). The van der Waals surface area contributed by atoms with E-state index in [0.717, 1.165) is 16.7 Å². The third-order valence-corrected chi connectivity index (χ3v) is 6.97. The minimum atomic E-state index is -0.795. The Labute approximate surface area is 213 Å². The van der Waals surface area contributed by atoms with E-state index < -0.39 is 23.9 Å². The van der Waals surface area contributed by atoms with Gasteiger partial charge in [-0.25, -0.2) is 9.37 Å². The minimum absolute atomic E-state index is 0.149. The number of likely N-dealkylation sites (N-methyl/N-ethyl adjacent to an activating group) is 1. The van der Waals surface area contributed by atoms with Crippen LogP contribution in [0.4, 0.5) is 4.39 Å². The van der Waals surface area contributed by atoms with Crippen LogP contribution in [0, 0.1) is 19.7 Å². The molecule has 1 fully saturated rings. The van der Waals surface area contributed by atoms with Crippen molar-refractivity contribution in [1.82, 2.24) is 19.8 Å². The maximum absolute atomic E-state index is 14.8. The van der Waals surface area contributed by atoms with Crippen LogP contribution in [-0.2, 0) is 16.0 Å². The van der Waals surface area contributed by atoms with Crippen molar-refractivity contribution in [2.75, 3.05) is 33.9 Å². The molecule has 0 radical (unpaired) electrons. The largest absolute Gasteiger partial charge is 0.389 e. The van der Waals surface area contributed by atoms with Gasteiger partial charge in [0.25, 0.3) is 11.5 Å². The Kier molecular flexibility index (Phi) is 7.70. The van der Waals surface area contributed by atoms with E-state index in [1.54, 1.807) is 26.2 Å². The molecule has 0 spiro atoms. The Bertz CT molecular complexity index is 1420. The summed E-state index contributed by atoms with van der Waals surface area (Å²) < 4.78 is 21.6. The molecular weight excluding hydrogens is 479 g/mol. The fourth-order valence-corrected chi connectivity index (χ4v) is 4.55. The normalized spacial score (nSPS) is 17.6. The molecular formula is C27H31FN4O5. The highest BCUT2D eigenvalue weighted by atomic mass is 19.1. The number of aryl methyl sites for hydroxylation is 1. The molecule has 2 amide bonds. The van der Waals surface area contributed by atoms with Crippen molar-refractivity contribution >= 4 is 22.7 Å². The lowest BCUT2D eigenvalue weighted by Gasteiger charge is -2.29. The highest BCUT2D eigenvalue weighted by Crippen LogP contribution is 2.26. The van der Waals surface area contributed by atoms with Gasteiger partial charge in [-0.3, -0.25) is 19.0 Å². The fraction of sp³-hybridized carbons (Fsp3) is 0.407. The van der Waals surface area contributed by atoms with Crippen molar-refractivity contribution < 1.29 is 23.8 Å². The second-order valence-corrected chi connectivity index (χ2v) is 9.60. The zero-order valence-electron chi connectivity index (χ0n) is 21.4. The zero-order chi connectivity index (χ0) is 26.9. The standard InChI is InChI=1S/C27H31FN4O5/c1-15-16(2)25-20(27(36)32(14-30-25)22-7-8-37-13-23(22)33)11-18(15)9-17-5-6-19(21(28)10-17)26(35)29-12-24(34)31(3)4/h5-6,10-11,14,22-23,33H,7-9,12-13H2,1-4H3,(H,29,35)/t22-,23-/m0/s1. The van der Waals surface area contributed by atoms with Gasteiger partial charge in [-0.15, -0.1) is 0 Å². The number of halogens is 1. The highest BCUT2D eigenvalue weighted by Gasteiger charge is 2.27. The average molecular weight is 511 g/mol. The van der Waals surface area contributed by atoms with Crippen LogP contribution in [-0.4, -0.2) is 71.3 Å². The molecule has 0 aliphatic carbocycles. The molecule has 1 saturated heterocycles. The molecule has 2 N–H and O–H groups in total. The summed E-state index contributed by atoms with van der Waals surface area (Å²) in [5, 5.41) is 13.2. The number of rotatable bonds is 6. The first kappa shape index (κ1) is 26.4. The number of carbonyl (C=O) groups excluding carboxylic acids is 2. The maximum Gasteiger partial charge on any atom is 0.261 e. The first-order valence-electron chi connectivity index (χ1n) is 12.1. The van der Waals surface area contributed by atoms with Crippen LogP contribution >= 0.6 is 0 Å². The van der Waals surface area contributed by atoms with Crippen LogP contribution in [0.2, 0.25) is 0 Å². The van der Waals surface area contributed by atoms with Gasteiger partial charge >= 0.3 is 0 Å². The number of fused-ring (bicyclic) bond motifs is 1. The monoisotopic (exact) mass is 510 g/mol. The molecule has 10 heteroatoms.